The van der Waals surface area contributed by atoms with Crippen LogP contribution in [0.3, 0.4) is 0 Å². The molecule has 0 aliphatic heterocycles. The third-order valence-electron chi connectivity index (χ3n) is 3.29. The van der Waals surface area contributed by atoms with Crippen molar-refractivity contribution in [2.45, 2.75) is 18.7 Å². The Bertz CT molecular complexity index is 772. The van der Waals surface area contributed by atoms with Crippen LogP contribution in [-0.2, 0) is 19.6 Å². The number of hydrogen-bond donors (Lipinski definition) is 0. The summed E-state index contributed by atoms with van der Waals surface area (Å²) in [5, 5.41) is 0. The van der Waals surface area contributed by atoms with Crippen LogP contribution in [0.4, 0.5) is 5.69 Å². The topological polar surface area (TPSA) is 63.7 Å². The van der Waals surface area contributed by atoms with Gasteiger partial charge in [0.25, 0.3) is 10.0 Å². The fourth-order valence-corrected chi connectivity index (χ4v) is 3.68. The Kier molecular flexibility index (Phi) is 5.39. The van der Waals surface area contributed by atoms with Gasteiger partial charge in [-0.2, -0.15) is 0 Å². The maximum absolute atomic E-state index is 12.9. The summed E-state index contributed by atoms with van der Waals surface area (Å²) in [5.74, 6) is -0.588. The number of hydrogen-bond acceptors (Lipinski definition) is 4. The molecule has 0 fully saturated rings. The Morgan fingerprint density at radius 2 is 1.65 bits per heavy atom. The van der Waals surface area contributed by atoms with Crippen molar-refractivity contribution in [3.05, 3.63) is 60.2 Å². The minimum atomic E-state index is -3.86. The second-order valence-electron chi connectivity index (χ2n) is 4.92. The second-order valence-corrected chi connectivity index (χ2v) is 6.78. The summed E-state index contributed by atoms with van der Waals surface area (Å²) in [4.78, 5) is 12.0. The molecule has 122 valence electrons. The number of rotatable bonds is 6. The molecule has 0 aliphatic carbocycles. The van der Waals surface area contributed by atoms with Crippen LogP contribution in [0, 0.1) is 6.92 Å². The highest BCUT2D eigenvalue weighted by atomic mass is 32.2. The molecule has 0 saturated carbocycles. The van der Waals surface area contributed by atoms with Gasteiger partial charge in [-0.15, -0.1) is 0 Å². The predicted molar refractivity (Wildman–Crippen MR) is 88.8 cm³/mol. The molecule has 0 amide bonds. The molecule has 2 aromatic carbocycles. The van der Waals surface area contributed by atoms with E-state index in [-0.39, 0.29) is 18.0 Å². The van der Waals surface area contributed by atoms with Gasteiger partial charge in [0.1, 0.15) is 6.54 Å². The summed E-state index contributed by atoms with van der Waals surface area (Å²) >= 11 is 0. The first-order chi connectivity index (χ1) is 11.0. The fourth-order valence-electron chi connectivity index (χ4n) is 2.19. The molecule has 0 aromatic heterocycles. The van der Waals surface area contributed by atoms with E-state index < -0.39 is 16.0 Å². The van der Waals surface area contributed by atoms with Gasteiger partial charge in [-0.05, 0) is 37.6 Å². The molecule has 0 atom stereocenters. The highest BCUT2D eigenvalue weighted by Crippen LogP contribution is 2.26. The first-order valence-corrected chi connectivity index (χ1v) is 8.70. The first-order valence-electron chi connectivity index (χ1n) is 7.26. The molecule has 6 heteroatoms. The standard InChI is InChI=1S/C17H19NO4S/c1-3-22-17(19)13-18(16-12-8-7-9-14(16)2)23(20,21)15-10-5-4-6-11-15/h4-12H,3,13H2,1-2H3. The Balaban J connectivity index is 2.50. The van der Waals surface area contributed by atoms with E-state index in [1.807, 2.05) is 6.07 Å². The molecule has 0 saturated heterocycles. The zero-order valence-electron chi connectivity index (χ0n) is 13.1. The number of nitrogens with zero attached hydrogens (tertiary/aromatic N) is 1. The summed E-state index contributed by atoms with van der Waals surface area (Å²) in [6.45, 7) is 3.32. The van der Waals surface area contributed by atoms with Gasteiger partial charge in [0, 0.05) is 0 Å². The molecule has 0 bridgehead atoms. The lowest BCUT2D eigenvalue weighted by Crippen LogP contribution is -2.37. The van der Waals surface area contributed by atoms with Gasteiger partial charge in [0.15, 0.2) is 0 Å². The van der Waals surface area contributed by atoms with Crippen LogP contribution in [0.1, 0.15) is 12.5 Å². The molecule has 0 aliphatic rings. The average Bonchev–Trinajstić information content (AvgIpc) is 2.54. The van der Waals surface area contributed by atoms with Gasteiger partial charge >= 0.3 is 5.97 Å². The van der Waals surface area contributed by atoms with E-state index in [1.165, 1.54) is 12.1 Å². The number of benzene rings is 2. The van der Waals surface area contributed by atoms with Crippen LogP contribution in [-0.4, -0.2) is 27.5 Å². The maximum atomic E-state index is 12.9. The van der Waals surface area contributed by atoms with Crippen LogP contribution < -0.4 is 4.31 Å². The molecule has 5 nitrogen and oxygen atoms in total. The normalized spacial score (nSPS) is 11.0. The molecule has 2 aromatic rings. The average molecular weight is 333 g/mol. The summed E-state index contributed by atoms with van der Waals surface area (Å²) in [7, 11) is -3.86. The summed E-state index contributed by atoms with van der Waals surface area (Å²) in [6, 6.07) is 15.1. The van der Waals surface area contributed by atoms with Crippen molar-refractivity contribution in [3.8, 4) is 0 Å². The van der Waals surface area contributed by atoms with Crippen LogP contribution in [0.5, 0.6) is 0 Å². The number of esters is 1. The number of aryl methyl sites for hydroxylation is 1. The van der Waals surface area contributed by atoms with Crippen LogP contribution in [0.2, 0.25) is 0 Å². The minimum absolute atomic E-state index is 0.132. The predicted octanol–water partition coefficient (Wildman–Crippen LogP) is 2.75. The SMILES string of the molecule is CCOC(=O)CN(c1ccccc1C)S(=O)(=O)c1ccccc1. The highest BCUT2D eigenvalue weighted by Gasteiger charge is 2.28. The molecule has 0 spiro atoms. The molecule has 0 heterocycles. The number of ether oxygens (including phenoxy) is 1. The van der Waals surface area contributed by atoms with Gasteiger partial charge < -0.3 is 4.74 Å². The number of para-hydroxylation sites is 1. The zero-order chi connectivity index (χ0) is 16.9. The van der Waals surface area contributed by atoms with E-state index in [9.17, 15) is 13.2 Å². The third-order valence-corrected chi connectivity index (χ3v) is 5.07. The van der Waals surface area contributed by atoms with Gasteiger partial charge in [-0.1, -0.05) is 36.4 Å². The Morgan fingerprint density at radius 3 is 2.26 bits per heavy atom. The maximum Gasteiger partial charge on any atom is 0.326 e. The van der Waals surface area contributed by atoms with Crippen molar-refractivity contribution < 1.29 is 17.9 Å². The smallest absolute Gasteiger partial charge is 0.326 e. The summed E-state index contributed by atoms with van der Waals surface area (Å²) in [6.07, 6.45) is 0. The third kappa shape index (κ3) is 3.90. The van der Waals surface area contributed by atoms with Crippen LogP contribution in [0.25, 0.3) is 0 Å². The number of carbonyl (C=O) groups is 1. The van der Waals surface area contributed by atoms with Crippen molar-refractivity contribution in [2.24, 2.45) is 0 Å². The molecule has 0 unspecified atom stereocenters. The van der Waals surface area contributed by atoms with Gasteiger partial charge in [0.2, 0.25) is 0 Å². The van der Waals surface area contributed by atoms with Crippen molar-refractivity contribution in [2.75, 3.05) is 17.5 Å². The number of sulfonamides is 1. The molecule has 0 radical (unpaired) electrons. The summed E-state index contributed by atoms with van der Waals surface area (Å²) in [5.41, 5.74) is 1.22. The number of carbonyl (C=O) groups excluding carboxylic acids is 1. The van der Waals surface area contributed by atoms with E-state index in [4.69, 9.17) is 4.74 Å². The minimum Gasteiger partial charge on any atom is -0.465 e. The van der Waals surface area contributed by atoms with Crippen LogP contribution in [0.15, 0.2) is 59.5 Å². The zero-order valence-corrected chi connectivity index (χ0v) is 13.9. The lowest BCUT2D eigenvalue weighted by atomic mass is 10.2. The molecular weight excluding hydrogens is 314 g/mol. The van der Waals surface area contributed by atoms with E-state index in [1.54, 1.807) is 50.2 Å². The van der Waals surface area contributed by atoms with E-state index in [0.29, 0.717) is 5.69 Å². The fraction of sp³-hybridized carbons (Fsp3) is 0.235. The van der Waals surface area contributed by atoms with E-state index >= 15 is 0 Å². The quantitative estimate of drug-likeness (QED) is 0.763. The number of anilines is 1. The Labute approximate surface area is 136 Å². The summed E-state index contributed by atoms with van der Waals surface area (Å²) < 4.78 is 31.9. The van der Waals surface area contributed by atoms with Gasteiger partial charge in [-0.3, -0.25) is 9.10 Å². The second kappa shape index (κ2) is 7.28. The lowest BCUT2D eigenvalue weighted by molar-refractivity contribution is -0.141. The lowest BCUT2D eigenvalue weighted by Gasteiger charge is -2.25. The Morgan fingerprint density at radius 1 is 1.04 bits per heavy atom. The van der Waals surface area contributed by atoms with Crippen LogP contribution >= 0.6 is 0 Å². The van der Waals surface area contributed by atoms with Gasteiger partial charge in [-0.25, -0.2) is 8.42 Å². The molecule has 23 heavy (non-hydrogen) atoms. The van der Waals surface area contributed by atoms with Crippen molar-refractivity contribution in [1.82, 2.24) is 0 Å². The highest BCUT2D eigenvalue weighted by molar-refractivity contribution is 7.92. The van der Waals surface area contributed by atoms with Gasteiger partial charge in [0.05, 0.1) is 17.2 Å². The van der Waals surface area contributed by atoms with Crippen molar-refractivity contribution >= 4 is 21.7 Å². The van der Waals surface area contributed by atoms with E-state index in [2.05, 4.69) is 0 Å². The Hall–Kier alpha value is -2.34. The molecular formula is C17H19NO4S. The molecule has 0 N–H and O–H groups in total. The largest absolute Gasteiger partial charge is 0.465 e. The monoisotopic (exact) mass is 333 g/mol. The van der Waals surface area contributed by atoms with Crippen molar-refractivity contribution in [3.63, 3.8) is 0 Å². The first kappa shape index (κ1) is 17.0. The van der Waals surface area contributed by atoms with Crippen molar-refractivity contribution in [1.29, 1.82) is 0 Å². The molecule has 2 rings (SSSR count). The van der Waals surface area contributed by atoms with E-state index in [0.717, 1.165) is 9.87 Å².